The number of aromatic nitrogens is 2. The number of hydrogen-bond acceptors (Lipinski definition) is 5. The highest BCUT2D eigenvalue weighted by atomic mass is 16.5. The highest BCUT2D eigenvalue weighted by Gasteiger charge is 2.17. The van der Waals surface area contributed by atoms with Crippen molar-refractivity contribution in [3.63, 3.8) is 0 Å². The predicted molar refractivity (Wildman–Crippen MR) is 71.8 cm³/mol. The number of nitrogens with one attached hydrogen (secondary N) is 1. The second kappa shape index (κ2) is 6.66. The SMILES string of the molecule is CCCc1cncnc1NCC1CN(C)CCO1. The Balaban J connectivity index is 1.89. The highest BCUT2D eigenvalue weighted by molar-refractivity contribution is 5.42. The van der Waals surface area contributed by atoms with Crippen molar-refractivity contribution in [2.75, 3.05) is 38.6 Å². The van der Waals surface area contributed by atoms with Gasteiger partial charge in [-0.3, -0.25) is 0 Å². The summed E-state index contributed by atoms with van der Waals surface area (Å²) in [5.74, 6) is 0.948. The Hall–Kier alpha value is -1.20. The van der Waals surface area contributed by atoms with Gasteiger partial charge in [0.05, 0.1) is 12.7 Å². The van der Waals surface area contributed by atoms with Crippen LogP contribution in [0.25, 0.3) is 0 Å². The molecule has 100 valence electrons. The van der Waals surface area contributed by atoms with Gasteiger partial charge in [0.25, 0.3) is 0 Å². The first kappa shape index (κ1) is 13.2. The molecule has 1 aromatic rings. The van der Waals surface area contributed by atoms with Crippen LogP contribution in [0.4, 0.5) is 5.82 Å². The van der Waals surface area contributed by atoms with Crippen LogP contribution < -0.4 is 5.32 Å². The maximum Gasteiger partial charge on any atom is 0.132 e. The summed E-state index contributed by atoms with van der Waals surface area (Å²) in [5, 5.41) is 3.39. The fraction of sp³-hybridized carbons (Fsp3) is 0.692. The zero-order valence-electron chi connectivity index (χ0n) is 11.2. The van der Waals surface area contributed by atoms with E-state index in [1.54, 1.807) is 6.33 Å². The van der Waals surface area contributed by atoms with Gasteiger partial charge in [-0.2, -0.15) is 0 Å². The zero-order chi connectivity index (χ0) is 12.8. The largest absolute Gasteiger partial charge is 0.374 e. The average Bonchev–Trinajstić information content (AvgIpc) is 2.38. The summed E-state index contributed by atoms with van der Waals surface area (Å²) in [6.45, 7) is 5.77. The number of morpholine rings is 1. The summed E-state index contributed by atoms with van der Waals surface area (Å²) in [6, 6.07) is 0. The quantitative estimate of drug-likeness (QED) is 0.850. The molecule has 1 aliphatic rings. The smallest absolute Gasteiger partial charge is 0.132 e. The van der Waals surface area contributed by atoms with Gasteiger partial charge in [0.2, 0.25) is 0 Å². The standard InChI is InChI=1S/C13H22N4O/c1-3-4-11-7-14-10-16-13(11)15-8-12-9-17(2)5-6-18-12/h7,10,12H,3-6,8-9H2,1-2H3,(H,14,15,16). The highest BCUT2D eigenvalue weighted by Crippen LogP contribution is 2.13. The van der Waals surface area contributed by atoms with Crippen LogP contribution in [0.1, 0.15) is 18.9 Å². The van der Waals surface area contributed by atoms with Crippen molar-refractivity contribution in [1.82, 2.24) is 14.9 Å². The molecule has 1 saturated heterocycles. The summed E-state index contributed by atoms with van der Waals surface area (Å²) in [6.07, 6.45) is 5.84. The minimum Gasteiger partial charge on any atom is -0.374 e. The lowest BCUT2D eigenvalue weighted by Gasteiger charge is -2.30. The number of rotatable bonds is 5. The van der Waals surface area contributed by atoms with E-state index in [1.165, 1.54) is 5.56 Å². The van der Waals surface area contributed by atoms with E-state index >= 15 is 0 Å². The molecule has 1 N–H and O–H groups in total. The summed E-state index contributed by atoms with van der Waals surface area (Å²) in [7, 11) is 2.13. The normalized spacial score (nSPS) is 20.9. The molecule has 1 unspecified atom stereocenters. The molecule has 0 aromatic carbocycles. The summed E-state index contributed by atoms with van der Waals surface area (Å²) in [4.78, 5) is 10.7. The number of hydrogen-bond donors (Lipinski definition) is 1. The first-order chi connectivity index (χ1) is 8.79. The topological polar surface area (TPSA) is 50.3 Å². The molecule has 0 aliphatic carbocycles. The predicted octanol–water partition coefficient (Wildman–Crippen LogP) is 1.17. The van der Waals surface area contributed by atoms with E-state index < -0.39 is 0 Å². The van der Waals surface area contributed by atoms with Crippen molar-refractivity contribution in [2.45, 2.75) is 25.9 Å². The Bertz CT molecular complexity index is 372. The molecule has 1 fully saturated rings. The zero-order valence-corrected chi connectivity index (χ0v) is 11.2. The molecule has 1 aromatic heterocycles. The van der Waals surface area contributed by atoms with E-state index in [9.17, 15) is 0 Å². The van der Waals surface area contributed by atoms with Gasteiger partial charge in [-0.1, -0.05) is 13.3 Å². The fourth-order valence-electron chi connectivity index (χ4n) is 2.17. The first-order valence-corrected chi connectivity index (χ1v) is 6.62. The third-order valence-corrected chi connectivity index (χ3v) is 3.15. The van der Waals surface area contributed by atoms with Gasteiger partial charge in [0.15, 0.2) is 0 Å². The van der Waals surface area contributed by atoms with Crippen molar-refractivity contribution in [1.29, 1.82) is 0 Å². The van der Waals surface area contributed by atoms with E-state index in [1.807, 2.05) is 6.20 Å². The molecule has 1 aliphatic heterocycles. The van der Waals surface area contributed by atoms with Gasteiger partial charge in [0, 0.05) is 31.4 Å². The second-order valence-electron chi connectivity index (χ2n) is 4.78. The van der Waals surface area contributed by atoms with E-state index in [-0.39, 0.29) is 6.10 Å². The van der Waals surface area contributed by atoms with Crippen molar-refractivity contribution in [3.05, 3.63) is 18.1 Å². The number of ether oxygens (including phenoxy) is 1. The molecule has 0 bridgehead atoms. The molecule has 5 nitrogen and oxygen atoms in total. The Morgan fingerprint density at radius 3 is 3.22 bits per heavy atom. The first-order valence-electron chi connectivity index (χ1n) is 6.62. The van der Waals surface area contributed by atoms with Crippen molar-refractivity contribution in [3.8, 4) is 0 Å². The van der Waals surface area contributed by atoms with Gasteiger partial charge in [-0.05, 0) is 13.5 Å². The van der Waals surface area contributed by atoms with Gasteiger partial charge in [0.1, 0.15) is 12.1 Å². The van der Waals surface area contributed by atoms with Crippen LogP contribution in [0.2, 0.25) is 0 Å². The molecule has 2 heterocycles. The Kier molecular flexibility index (Phi) is 4.90. The molecule has 0 saturated carbocycles. The van der Waals surface area contributed by atoms with Gasteiger partial charge >= 0.3 is 0 Å². The van der Waals surface area contributed by atoms with Gasteiger partial charge < -0.3 is 15.0 Å². The maximum atomic E-state index is 5.72. The molecule has 0 amide bonds. The molecular weight excluding hydrogens is 228 g/mol. The Morgan fingerprint density at radius 1 is 1.56 bits per heavy atom. The third kappa shape index (κ3) is 3.65. The Labute approximate surface area is 109 Å². The monoisotopic (exact) mass is 250 g/mol. The fourth-order valence-corrected chi connectivity index (χ4v) is 2.17. The average molecular weight is 250 g/mol. The van der Waals surface area contributed by atoms with Crippen molar-refractivity contribution in [2.24, 2.45) is 0 Å². The minimum atomic E-state index is 0.244. The molecule has 5 heteroatoms. The molecular formula is C13H22N4O. The van der Waals surface area contributed by atoms with Crippen LogP contribution in [0.15, 0.2) is 12.5 Å². The number of nitrogens with zero attached hydrogens (tertiary/aromatic N) is 3. The molecule has 18 heavy (non-hydrogen) atoms. The lowest BCUT2D eigenvalue weighted by molar-refractivity contribution is -0.0117. The number of likely N-dealkylation sites (N-methyl/N-ethyl adjacent to an activating group) is 1. The van der Waals surface area contributed by atoms with Crippen LogP contribution in [-0.4, -0.2) is 54.3 Å². The Morgan fingerprint density at radius 2 is 2.44 bits per heavy atom. The van der Waals surface area contributed by atoms with E-state index in [2.05, 4.69) is 34.2 Å². The summed E-state index contributed by atoms with van der Waals surface area (Å²) >= 11 is 0. The minimum absolute atomic E-state index is 0.244. The summed E-state index contributed by atoms with van der Waals surface area (Å²) in [5.41, 5.74) is 1.18. The van der Waals surface area contributed by atoms with Crippen molar-refractivity contribution < 1.29 is 4.74 Å². The van der Waals surface area contributed by atoms with Crippen LogP contribution in [0.3, 0.4) is 0 Å². The van der Waals surface area contributed by atoms with Crippen LogP contribution in [0.5, 0.6) is 0 Å². The summed E-state index contributed by atoms with van der Waals surface area (Å²) < 4.78 is 5.72. The second-order valence-corrected chi connectivity index (χ2v) is 4.78. The van der Waals surface area contributed by atoms with E-state index in [4.69, 9.17) is 4.74 Å². The van der Waals surface area contributed by atoms with E-state index in [0.29, 0.717) is 0 Å². The molecule has 1 atom stereocenters. The molecule has 2 rings (SSSR count). The lowest BCUT2D eigenvalue weighted by atomic mass is 10.2. The third-order valence-electron chi connectivity index (χ3n) is 3.15. The van der Waals surface area contributed by atoms with Crippen LogP contribution >= 0.6 is 0 Å². The van der Waals surface area contributed by atoms with Crippen LogP contribution in [-0.2, 0) is 11.2 Å². The number of anilines is 1. The maximum absolute atomic E-state index is 5.72. The molecule has 0 radical (unpaired) electrons. The van der Waals surface area contributed by atoms with Crippen molar-refractivity contribution >= 4 is 5.82 Å². The van der Waals surface area contributed by atoms with E-state index in [0.717, 1.165) is 44.9 Å². The van der Waals surface area contributed by atoms with Gasteiger partial charge in [-0.25, -0.2) is 9.97 Å². The number of aryl methyl sites for hydroxylation is 1. The van der Waals surface area contributed by atoms with Crippen LogP contribution in [0, 0.1) is 0 Å². The molecule has 0 spiro atoms. The van der Waals surface area contributed by atoms with Gasteiger partial charge in [-0.15, -0.1) is 0 Å². The lowest BCUT2D eigenvalue weighted by Crippen LogP contribution is -2.43.